The van der Waals surface area contributed by atoms with Gasteiger partial charge in [-0.3, -0.25) is 4.79 Å². The number of aryl methyl sites for hydroxylation is 2. The van der Waals surface area contributed by atoms with Crippen molar-refractivity contribution in [1.82, 2.24) is 5.32 Å². The first-order valence-electron chi connectivity index (χ1n) is 7.30. The molecule has 1 N–H and O–H groups in total. The van der Waals surface area contributed by atoms with Crippen LogP contribution in [0.2, 0.25) is 0 Å². The number of carbonyl (C=O) groups excluding carboxylic acids is 1. The van der Waals surface area contributed by atoms with E-state index in [2.05, 4.69) is 17.4 Å². The van der Waals surface area contributed by atoms with Crippen molar-refractivity contribution < 1.29 is 9.53 Å². The minimum atomic E-state index is -0.0892. The molecule has 2 aromatic rings. The van der Waals surface area contributed by atoms with E-state index in [0.717, 1.165) is 17.1 Å². The van der Waals surface area contributed by atoms with Crippen LogP contribution in [0, 0.1) is 13.8 Å². The zero-order valence-electron chi connectivity index (χ0n) is 13.0. The van der Waals surface area contributed by atoms with E-state index >= 15 is 0 Å². The average Bonchev–Trinajstić information content (AvgIpc) is 2.52. The van der Waals surface area contributed by atoms with Crippen LogP contribution in [-0.2, 0) is 4.79 Å². The van der Waals surface area contributed by atoms with Crippen LogP contribution >= 0.6 is 11.8 Å². The molecule has 22 heavy (non-hydrogen) atoms. The molecular formula is C18H21NO2S. The van der Waals surface area contributed by atoms with Crippen LogP contribution in [0.5, 0.6) is 5.75 Å². The summed E-state index contributed by atoms with van der Waals surface area (Å²) in [5, 5.41) is 2.87. The lowest BCUT2D eigenvalue weighted by atomic mass is 10.1. The summed E-state index contributed by atoms with van der Waals surface area (Å²) in [6.07, 6.45) is 0. The first kappa shape index (κ1) is 16.4. The van der Waals surface area contributed by atoms with E-state index in [9.17, 15) is 4.79 Å². The van der Waals surface area contributed by atoms with Crippen molar-refractivity contribution >= 4 is 17.7 Å². The molecule has 0 bridgehead atoms. The van der Waals surface area contributed by atoms with Crippen LogP contribution in [0.1, 0.15) is 11.1 Å². The minimum Gasteiger partial charge on any atom is -0.484 e. The number of amides is 1. The molecule has 0 aliphatic rings. The highest BCUT2D eigenvalue weighted by atomic mass is 32.2. The van der Waals surface area contributed by atoms with E-state index in [0.29, 0.717) is 6.54 Å². The molecule has 2 rings (SSSR count). The fourth-order valence-electron chi connectivity index (χ4n) is 2.03. The summed E-state index contributed by atoms with van der Waals surface area (Å²) in [6, 6.07) is 16.1. The molecule has 0 aliphatic heterocycles. The van der Waals surface area contributed by atoms with Crippen molar-refractivity contribution in [2.24, 2.45) is 0 Å². The molecule has 0 saturated carbocycles. The Morgan fingerprint density at radius 3 is 2.64 bits per heavy atom. The third-order valence-corrected chi connectivity index (χ3v) is 4.14. The Bertz CT molecular complexity index is 614. The van der Waals surface area contributed by atoms with E-state index in [1.807, 2.05) is 50.2 Å². The van der Waals surface area contributed by atoms with Gasteiger partial charge in [0.2, 0.25) is 0 Å². The van der Waals surface area contributed by atoms with Crippen molar-refractivity contribution in [2.75, 3.05) is 18.9 Å². The molecule has 0 saturated heterocycles. The van der Waals surface area contributed by atoms with Crippen molar-refractivity contribution in [3.8, 4) is 5.75 Å². The lowest BCUT2D eigenvalue weighted by Gasteiger charge is -2.10. The molecule has 0 radical (unpaired) electrons. The second kappa shape index (κ2) is 8.49. The molecule has 3 nitrogen and oxygen atoms in total. The summed E-state index contributed by atoms with van der Waals surface area (Å²) >= 11 is 1.73. The first-order valence-corrected chi connectivity index (χ1v) is 8.28. The summed E-state index contributed by atoms with van der Waals surface area (Å²) in [5.74, 6) is 1.52. The van der Waals surface area contributed by atoms with Crippen molar-refractivity contribution in [3.05, 3.63) is 59.7 Å². The Balaban J connectivity index is 1.65. The minimum absolute atomic E-state index is 0.0555. The first-order chi connectivity index (χ1) is 10.6. The second-order valence-corrected chi connectivity index (χ2v) is 6.24. The number of hydrogen-bond donors (Lipinski definition) is 1. The SMILES string of the molecule is Cc1ccc(OCC(=O)NCCSc2ccccc2)c(C)c1. The van der Waals surface area contributed by atoms with Gasteiger partial charge in [0.25, 0.3) is 5.91 Å². The maximum atomic E-state index is 11.8. The molecule has 4 heteroatoms. The van der Waals surface area contributed by atoms with Crippen LogP contribution in [0.4, 0.5) is 0 Å². The Morgan fingerprint density at radius 2 is 1.91 bits per heavy atom. The summed E-state index contributed by atoms with van der Waals surface area (Å²) in [7, 11) is 0. The van der Waals surface area contributed by atoms with Crippen molar-refractivity contribution in [1.29, 1.82) is 0 Å². The molecule has 2 aromatic carbocycles. The maximum Gasteiger partial charge on any atom is 0.257 e. The van der Waals surface area contributed by atoms with Crippen LogP contribution in [0.3, 0.4) is 0 Å². The van der Waals surface area contributed by atoms with Gasteiger partial charge < -0.3 is 10.1 Å². The molecule has 1 amide bonds. The van der Waals surface area contributed by atoms with Gasteiger partial charge in [0.05, 0.1) is 0 Å². The van der Waals surface area contributed by atoms with Gasteiger partial charge in [-0.15, -0.1) is 11.8 Å². The average molecular weight is 315 g/mol. The number of nitrogens with one attached hydrogen (secondary N) is 1. The Hall–Kier alpha value is -1.94. The van der Waals surface area contributed by atoms with Gasteiger partial charge in [0.15, 0.2) is 6.61 Å². The highest BCUT2D eigenvalue weighted by molar-refractivity contribution is 7.99. The van der Waals surface area contributed by atoms with E-state index in [4.69, 9.17) is 4.74 Å². The molecule has 0 atom stereocenters. The fraction of sp³-hybridized carbons (Fsp3) is 0.278. The largest absolute Gasteiger partial charge is 0.484 e. The van der Waals surface area contributed by atoms with Crippen molar-refractivity contribution in [2.45, 2.75) is 18.7 Å². The third kappa shape index (κ3) is 5.45. The molecule has 0 unspecified atom stereocenters. The lowest BCUT2D eigenvalue weighted by Crippen LogP contribution is -2.30. The third-order valence-electron chi connectivity index (χ3n) is 3.13. The quantitative estimate of drug-likeness (QED) is 0.627. The molecule has 116 valence electrons. The topological polar surface area (TPSA) is 38.3 Å². The number of thioether (sulfide) groups is 1. The lowest BCUT2D eigenvalue weighted by molar-refractivity contribution is -0.122. The Labute approximate surface area is 136 Å². The zero-order valence-corrected chi connectivity index (χ0v) is 13.8. The smallest absolute Gasteiger partial charge is 0.257 e. The normalized spacial score (nSPS) is 10.3. The van der Waals surface area contributed by atoms with Crippen molar-refractivity contribution in [3.63, 3.8) is 0 Å². The molecule has 0 heterocycles. The molecule has 0 aromatic heterocycles. The molecule has 0 fully saturated rings. The van der Waals surface area contributed by atoms with Crippen LogP contribution in [-0.4, -0.2) is 24.8 Å². The summed E-state index contributed by atoms with van der Waals surface area (Å²) in [5.41, 5.74) is 2.24. The van der Waals surface area contributed by atoms with Gasteiger partial charge in [-0.25, -0.2) is 0 Å². The molecule has 0 spiro atoms. The highest BCUT2D eigenvalue weighted by Gasteiger charge is 2.04. The number of hydrogen-bond acceptors (Lipinski definition) is 3. The van der Waals surface area contributed by atoms with E-state index in [1.165, 1.54) is 10.5 Å². The van der Waals surface area contributed by atoms with Crippen LogP contribution in [0.25, 0.3) is 0 Å². The summed E-state index contributed by atoms with van der Waals surface area (Å²) < 4.78 is 5.55. The van der Waals surface area contributed by atoms with E-state index in [-0.39, 0.29) is 12.5 Å². The fourth-order valence-corrected chi connectivity index (χ4v) is 2.82. The molecular weight excluding hydrogens is 294 g/mol. The summed E-state index contributed by atoms with van der Waals surface area (Å²) in [6.45, 7) is 4.71. The standard InChI is InChI=1S/C18H21NO2S/c1-14-8-9-17(15(2)12-14)21-13-18(20)19-10-11-22-16-6-4-3-5-7-16/h3-9,12H,10-11,13H2,1-2H3,(H,19,20). The number of ether oxygens (including phenoxy) is 1. The number of rotatable bonds is 7. The highest BCUT2D eigenvalue weighted by Crippen LogP contribution is 2.18. The van der Waals surface area contributed by atoms with Gasteiger partial charge in [-0.2, -0.15) is 0 Å². The van der Waals surface area contributed by atoms with Gasteiger partial charge in [0.1, 0.15) is 5.75 Å². The Kier molecular flexibility index (Phi) is 6.34. The van der Waals surface area contributed by atoms with Crippen LogP contribution in [0.15, 0.2) is 53.4 Å². The number of benzene rings is 2. The van der Waals surface area contributed by atoms with E-state index < -0.39 is 0 Å². The van der Waals surface area contributed by atoms with Gasteiger partial charge >= 0.3 is 0 Å². The maximum absolute atomic E-state index is 11.8. The number of carbonyl (C=O) groups is 1. The van der Waals surface area contributed by atoms with Crippen LogP contribution < -0.4 is 10.1 Å². The van der Waals surface area contributed by atoms with Gasteiger partial charge in [0, 0.05) is 17.2 Å². The Morgan fingerprint density at radius 1 is 1.14 bits per heavy atom. The van der Waals surface area contributed by atoms with E-state index in [1.54, 1.807) is 11.8 Å². The molecule has 0 aliphatic carbocycles. The zero-order chi connectivity index (χ0) is 15.8. The van der Waals surface area contributed by atoms with Gasteiger partial charge in [-0.05, 0) is 37.6 Å². The second-order valence-electron chi connectivity index (χ2n) is 5.07. The monoisotopic (exact) mass is 315 g/mol. The predicted molar refractivity (Wildman–Crippen MR) is 91.6 cm³/mol. The predicted octanol–water partition coefficient (Wildman–Crippen LogP) is 3.59. The summed E-state index contributed by atoms with van der Waals surface area (Å²) in [4.78, 5) is 13.0. The van der Waals surface area contributed by atoms with Gasteiger partial charge in [-0.1, -0.05) is 35.9 Å².